The van der Waals surface area contributed by atoms with Crippen molar-refractivity contribution >= 4 is 6.09 Å². The molecular weight excluding hydrogens is 275 g/mol. The standard InChI is InChI=1S/C13H22F3NO3/c1-5-12(19,13(14,15)16)9-7-6-8-17(9)10(18)20-11(2,3)4/h9,19H,5-8H2,1-4H3/t9-,12-/m1/s1. The van der Waals surface area contributed by atoms with Crippen molar-refractivity contribution in [2.45, 2.75) is 70.4 Å². The van der Waals surface area contributed by atoms with Crippen LogP contribution in [-0.2, 0) is 4.74 Å². The average molecular weight is 297 g/mol. The van der Waals surface area contributed by atoms with Crippen molar-refractivity contribution in [1.82, 2.24) is 4.90 Å². The highest BCUT2D eigenvalue weighted by atomic mass is 19.4. The van der Waals surface area contributed by atoms with Crippen molar-refractivity contribution in [3.8, 4) is 0 Å². The average Bonchev–Trinajstić information content (AvgIpc) is 2.73. The molecule has 0 aromatic carbocycles. The van der Waals surface area contributed by atoms with Crippen LogP contribution >= 0.6 is 0 Å². The Bertz CT molecular complexity index is 365. The van der Waals surface area contributed by atoms with E-state index in [0.717, 1.165) is 4.90 Å². The van der Waals surface area contributed by atoms with E-state index < -0.39 is 35.9 Å². The highest BCUT2D eigenvalue weighted by Crippen LogP contribution is 2.41. The summed E-state index contributed by atoms with van der Waals surface area (Å²) in [6.45, 7) is 6.36. The van der Waals surface area contributed by atoms with Crippen LogP contribution in [0.15, 0.2) is 0 Å². The van der Waals surface area contributed by atoms with E-state index in [2.05, 4.69) is 0 Å². The zero-order chi connectivity index (χ0) is 15.8. The lowest BCUT2D eigenvalue weighted by Gasteiger charge is -2.39. The van der Waals surface area contributed by atoms with Gasteiger partial charge in [0, 0.05) is 6.54 Å². The van der Waals surface area contributed by atoms with Crippen molar-refractivity contribution in [1.29, 1.82) is 0 Å². The number of nitrogens with zero attached hydrogens (tertiary/aromatic N) is 1. The molecule has 1 amide bonds. The number of carbonyl (C=O) groups is 1. The summed E-state index contributed by atoms with van der Waals surface area (Å²) < 4.78 is 44.4. The van der Waals surface area contributed by atoms with Gasteiger partial charge in [0.2, 0.25) is 0 Å². The van der Waals surface area contributed by atoms with Gasteiger partial charge in [0.05, 0.1) is 6.04 Å². The van der Waals surface area contributed by atoms with Crippen LogP contribution in [0.1, 0.15) is 47.0 Å². The predicted octanol–water partition coefficient (Wildman–Crippen LogP) is 3.09. The Hall–Kier alpha value is -0.980. The van der Waals surface area contributed by atoms with E-state index in [4.69, 9.17) is 4.74 Å². The number of alkyl halides is 3. The maximum atomic E-state index is 13.1. The van der Waals surface area contributed by atoms with Gasteiger partial charge in [-0.1, -0.05) is 6.92 Å². The molecule has 1 rings (SSSR count). The number of hydrogen-bond acceptors (Lipinski definition) is 3. The Morgan fingerprint density at radius 3 is 2.30 bits per heavy atom. The van der Waals surface area contributed by atoms with Gasteiger partial charge in [-0.3, -0.25) is 0 Å². The zero-order valence-corrected chi connectivity index (χ0v) is 12.3. The first-order valence-electron chi connectivity index (χ1n) is 6.71. The second-order valence-corrected chi connectivity index (χ2v) is 6.11. The van der Waals surface area contributed by atoms with Crippen molar-refractivity contribution in [2.24, 2.45) is 0 Å². The summed E-state index contributed by atoms with van der Waals surface area (Å²) in [5, 5.41) is 10.00. The van der Waals surface area contributed by atoms with Crippen LogP contribution < -0.4 is 0 Å². The lowest BCUT2D eigenvalue weighted by molar-refractivity contribution is -0.277. The van der Waals surface area contributed by atoms with E-state index in [1.165, 1.54) is 6.92 Å². The van der Waals surface area contributed by atoms with Gasteiger partial charge in [-0.2, -0.15) is 13.2 Å². The zero-order valence-electron chi connectivity index (χ0n) is 12.3. The fourth-order valence-corrected chi connectivity index (χ4v) is 2.43. The number of carbonyl (C=O) groups excluding carboxylic acids is 1. The summed E-state index contributed by atoms with van der Waals surface area (Å²) >= 11 is 0. The first-order valence-corrected chi connectivity index (χ1v) is 6.71. The minimum absolute atomic E-state index is 0.114. The molecule has 118 valence electrons. The fraction of sp³-hybridized carbons (Fsp3) is 0.923. The summed E-state index contributed by atoms with van der Waals surface area (Å²) in [4.78, 5) is 13.0. The van der Waals surface area contributed by atoms with E-state index in [0.29, 0.717) is 6.42 Å². The maximum Gasteiger partial charge on any atom is 0.419 e. The van der Waals surface area contributed by atoms with Gasteiger partial charge in [0.1, 0.15) is 5.60 Å². The van der Waals surface area contributed by atoms with Crippen molar-refractivity contribution in [3.05, 3.63) is 0 Å². The van der Waals surface area contributed by atoms with E-state index in [1.807, 2.05) is 0 Å². The minimum atomic E-state index is -4.78. The summed E-state index contributed by atoms with van der Waals surface area (Å²) in [6.07, 6.45) is -5.56. The lowest BCUT2D eigenvalue weighted by Crippen LogP contribution is -2.60. The van der Waals surface area contributed by atoms with Gasteiger partial charge in [-0.15, -0.1) is 0 Å². The van der Waals surface area contributed by atoms with E-state index in [-0.39, 0.29) is 13.0 Å². The van der Waals surface area contributed by atoms with Gasteiger partial charge in [-0.05, 0) is 40.0 Å². The van der Waals surface area contributed by atoms with E-state index >= 15 is 0 Å². The van der Waals surface area contributed by atoms with Gasteiger partial charge in [-0.25, -0.2) is 4.79 Å². The normalized spacial score (nSPS) is 23.6. The molecule has 0 saturated carbocycles. The third kappa shape index (κ3) is 3.37. The molecule has 7 heteroatoms. The SMILES string of the molecule is CC[C@@](O)([C@H]1CCCN1C(=O)OC(C)(C)C)C(F)(F)F. The first kappa shape index (κ1) is 17.1. The molecule has 1 aliphatic heterocycles. The highest BCUT2D eigenvalue weighted by Gasteiger charge is 2.60. The largest absolute Gasteiger partial charge is 0.444 e. The Balaban J connectivity index is 2.97. The topological polar surface area (TPSA) is 49.8 Å². The molecule has 0 unspecified atom stereocenters. The fourth-order valence-electron chi connectivity index (χ4n) is 2.43. The maximum absolute atomic E-state index is 13.1. The molecule has 20 heavy (non-hydrogen) atoms. The third-order valence-corrected chi connectivity index (χ3v) is 3.46. The molecule has 1 saturated heterocycles. The molecule has 4 nitrogen and oxygen atoms in total. The van der Waals surface area contributed by atoms with Crippen LogP contribution in [0.2, 0.25) is 0 Å². The Morgan fingerprint density at radius 1 is 1.35 bits per heavy atom. The van der Waals surface area contributed by atoms with Crippen LogP contribution in [0, 0.1) is 0 Å². The molecule has 0 aromatic heterocycles. The second kappa shape index (κ2) is 5.42. The molecule has 1 N–H and O–H groups in total. The van der Waals surface area contributed by atoms with E-state index in [9.17, 15) is 23.1 Å². The first-order chi connectivity index (χ1) is 8.92. The predicted molar refractivity (Wildman–Crippen MR) is 67.3 cm³/mol. The number of halogens is 3. The molecular formula is C13H22F3NO3. The van der Waals surface area contributed by atoms with Crippen LogP contribution in [0.5, 0.6) is 0 Å². The highest BCUT2D eigenvalue weighted by molar-refractivity contribution is 5.69. The third-order valence-electron chi connectivity index (χ3n) is 3.46. The molecule has 0 aliphatic carbocycles. The van der Waals surface area contributed by atoms with Gasteiger partial charge < -0.3 is 14.7 Å². The number of hydrogen-bond donors (Lipinski definition) is 1. The lowest BCUT2D eigenvalue weighted by atomic mass is 9.89. The van der Waals surface area contributed by atoms with Crippen molar-refractivity contribution < 1.29 is 27.8 Å². The number of aliphatic hydroxyl groups is 1. The van der Waals surface area contributed by atoms with Gasteiger partial charge in [0.15, 0.2) is 5.60 Å². The smallest absolute Gasteiger partial charge is 0.419 e. The molecule has 1 heterocycles. The van der Waals surface area contributed by atoms with Crippen molar-refractivity contribution in [3.63, 3.8) is 0 Å². The molecule has 0 spiro atoms. The molecule has 1 aliphatic rings. The van der Waals surface area contributed by atoms with Crippen molar-refractivity contribution in [2.75, 3.05) is 6.54 Å². The molecule has 1 fully saturated rings. The monoisotopic (exact) mass is 297 g/mol. The molecule has 0 radical (unpaired) electrons. The van der Waals surface area contributed by atoms with Gasteiger partial charge in [0.25, 0.3) is 0 Å². The summed E-state index contributed by atoms with van der Waals surface area (Å²) in [5.74, 6) is 0. The summed E-state index contributed by atoms with van der Waals surface area (Å²) in [6, 6.07) is -1.29. The number of rotatable bonds is 2. The quantitative estimate of drug-likeness (QED) is 0.852. The molecule has 0 aromatic rings. The van der Waals surface area contributed by atoms with Crippen LogP contribution in [0.3, 0.4) is 0 Å². The van der Waals surface area contributed by atoms with Gasteiger partial charge >= 0.3 is 12.3 Å². The summed E-state index contributed by atoms with van der Waals surface area (Å²) in [7, 11) is 0. The Morgan fingerprint density at radius 2 is 1.90 bits per heavy atom. The van der Waals surface area contributed by atoms with E-state index in [1.54, 1.807) is 20.8 Å². The second-order valence-electron chi connectivity index (χ2n) is 6.11. The number of amides is 1. The number of likely N-dealkylation sites (tertiary alicyclic amines) is 1. The Kier molecular flexibility index (Phi) is 4.63. The summed E-state index contributed by atoms with van der Waals surface area (Å²) in [5.41, 5.74) is -3.67. The molecule has 2 atom stereocenters. The van der Waals surface area contributed by atoms with Crippen LogP contribution in [-0.4, -0.2) is 46.1 Å². The Labute approximate surface area is 116 Å². The molecule has 0 bridgehead atoms. The minimum Gasteiger partial charge on any atom is -0.444 e. The number of ether oxygens (including phenoxy) is 1. The van der Waals surface area contributed by atoms with Crippen LogP contribution in [0.25, 0.3) is 0 Å². The van der Waals surface area contributed by atoms with Crippen LogP contribution in [0.4, 0.5) is 18.0 Å².